The third-order valence-electron chi connectivity index (χ3n) is 2.79. The molecule has 2 heterocycles. The van der Waals surface area contributed by atoms with E-state index in [2.05, 4.69) is 26.2 Å². The standard InChI is InChI=1S/C12H20N4O2S.C2H6/c1-9-8-18-6-5-16(9)12-7-11(13-10(2)14-12)15-19(3,4)17;1-2/h7,9H,5-6,8H2,1-4H3;1-2H3/t9-;/m1./s1. The van der Waals surface area contributed by atoms with E-state index < -0.39 is 9.73 Å². The van der Waals surface area contributed by atoms with Gasteiger partial charge in [0, 0.05) is 34.9 Å². The Balaban J connectivity index is 0.00000106. The molecule has 21 heavy (non-hydrogen) atoms. The molecule has 0 unspecified atom stereocenters. The van der Waals surface area contributed by atoms with E-state index in [-0.39, 0.29) is 6.04 Å². The molecule has 120 valence electrons. The number of hydrogen-bond acceptors (Lipinski definition) is 6. The first kappa shape index (κ1) is 17.8. The summed E-state index contributed by atoms with van der Waals surface area (Å²) in [4.78, 5) is 10.8. The Morgan fingerprint density at radius 1 is 1.38 bits per heavy atom. The zero-order chi connectivity index (χ0) is 16.0. The van der Waals surface area contributed by atoms with Crippen molar-refractivity contribution < 1.29 is 8.95 Å². The van der Waals surface area contributed by atoms with Gasteiger partial charge in [0.2, 0.25) is 0 Å². The van der Waals surface area contributed by atoms with Crippen LogP contribution in [0.3, 0.4) is 0 Å². The van der Waals surface area contributed by atoms with Gasteiger partial charge < -0.3 is 9.64 Å². The molecule has 0 amide bonds. The van der Waals surface area contributed by atoms with Crippen LogP contribution in [-0.2, 0) is 14.5 Å². The maximum absolute atomic E-state index is 11.8. The molecule has 1 aromatic heterocycles. The molecule has 0 saturated carbocycles. The predicted octanol–water partition coefficient (Wildman–Crippen LogP) is 2.40. The second-order valence-electron chi connectivity index (χ2n) is 5.02. The van der Waals surface area contributed by atoms with Gasteiger partial charge in [-0.15, -0.1) is 0 Å². The van der Waals surface area contributed by atoms with E-state index in [0.29, 0.717) is 24.9 Å². The van der Waals surface area contributed by atoms with E-state index in [4.69, 9.17) is 4.74 Å². The lowest BCUT2D eigenvalue weighted by Crippen LogP contribution is -2.44. The van der Waals surface area contributed by atoms with Gasteiger partial charge in [-0.2, -0.15) is 4.36 Å². The lowest BCUT2D eigenvalue weighted by Gasteiger charge is -2.34. The van der Waals surface area contributed by atoms with Crippen LogP contribution in [0.15, 0.2) is 10.4 Å². The Bertz CT molecular complexity index is 574. The zero-order valence-corrected chi connectivity index (χ0v) is 14.6. The Labute approximate surface area is 128 Å². The SMILES string of the molecule is CC.Cc1nc(N=S(C)(C)=O)cc(N2CCOC[C@H]2C)n1. The highest BCUT2D eigenvalue weighted by Gasteiger charge is 2.21. The van der Waals surface area contributed by atoms with Crippen LogP contribution < -0.4 is 4.90 Å². The summed E-state index contributed by atoms with van der Waals surface area (Å²) in [5, 5.41) is 0. The van der Waals surface area contributed by atoms with E-state index in [1.165, 1.54) is 0 Å². The molecule has 1 saturated heterocycles. The molecule has 0 spiro atoms. The summed E-state index contributed by atoms with van der Waals surface area (Å²) < 4.78 is 21.3. The third kappa shape index (κ3) is 5.59. The van der Waals surface area contributed by atoms with Gasteiger partial charge in [-0.05, 0) is 13.8 Å². The van der Waals surface area contributed by atoms with Crippen LogP contribution >= 0.6 is 0 Å². The van der Waals surface area contributed by atoms with Gasteiger partial charge in [0.05, 0.1) is 19.3 Å². The van der Waals surface area contributed by atoms with Crippen molar-refractivity contribution in [3.63, 3.8) is 0 Å². The molecule has 0 N–H and O–H groups in total. The minimum Gasteiger partial charge on any atom is -0.377 e. The fraction of sp³-hybridized carbons (Fsp3) is 0.714. The van der Waals surface area contributed by atoms with Crippen LogP contribution in [0.25, 0.3) is 0 Å². The van der Waals surface area contributed by atoms with Gasteiger partial charge >= 0.3 is 0 Å². The maximum Gasteiger partial charge on any atom is 0.167 e. The molecule has 1 aromatic rings. The van der Waals surface area contributed by atoms with Crippen molar-refractivity contribution in [1.82, 2.24) is 9.97 Å². The second kappa shape index (κ2) is 7.70. The largest absolute Gasteiger partial charge is 0.377 e. The smallest absolute Gasteiger partial charge is 0.167 e. The Morgan fingerprint density at radius 3 is 2.62 bits per heavy atom. The monoisotopic (exact) mass is 314 g/mol. The van der Waals surface area contributed by atoms with E-state index in [1.54, 1.807) is 18.6 Å². The minimum absolute atomic E-state index is 0.267. The van der Waals surface area contributed by atoms with Gasteiger partial charge in [-0.3, -0.25) is 0 Å². The molecule has 1 aliphatic heterocycles. The highest BCUT2D eigenvalue weighted by Crippen LogP contribution is 2.22. The fourth-order valence-electron chi connectivity index (χ4n) is 2.02. The van der Waals surface area contributed by atoms with Crippen LogP contribution in [-0.4, -0.2) is 52.5 Å². The van der Waals surface area contributed by atoms with E-state index in [9.17, 15) is 4.21 Å². The number of hydrogen-bond donors (Lipinski definition) is 0. The second-order valence-corrected chi connectivity index (χ2v) is 7.57. The zero-order valence-electron chi connectivity index (χ0n) is 13.8. The number of anilines is 1. The number of ether oxygens (including phenoxy) is 1. The quantitative estimate of drug-likeness (QED) is 0.838. The lowest BCUT2D eigenvalue weighted by atomic mass is 10.2. The number of nitrogens with zero attached hydrogens (tertiary/aromatic N) is 4. The molecule has 0 aliphatic carbocycles. The van der Waals surface area contributed by atoms with E-state index >= 15 is 0 Å². The molecule has 1 atom stereocenters. The number of rotatable bonds is 2. The van der Waals surface area contributed by atoms with Crippen molar-refractivity contribution in [2.75, 3.05) is 37.2 Å². The molecule has 2 rings (SSSR count). The van der Waals surface area contributed by atoms with Crippen molar-refractivity contribution in [2.24, 2.45) is 4.36 Å². The van der Waals surface area contributed by atoms with Crippen LogP contribution in [0.4, 0.5) is 11.6 Å². The molecule has 0 radical (unpaired) electrons. The lowest BCUT2D eigenvalue weighted by molar-refractivity contribution is 0.0985. The average molecular weight is 314 g/mol. The summed E-state index contributed by atoms with van der Waals surface area (Å²) in [6.07, 6.45) is 3.20. The van der Waals surface area contributed by atoms with Crippen molar-refractivity contribution in [3.8, 4) is 0 Å². The summed E-state index contributed by atoms with van der Waals surface area (Å²) in [6, 6.07) is 2.06. The average Bonchev–Trinajstić information content (AvgIpc) is 2.38. The highest BCUT2D eigenvalue weighted by atomic mass is 32.2. The third-order valence-corrected chi connectivity index (χ3v) is 3.41. The van der Waals surface area contributed by atoms with Crippen LogP contribution in [0.1, 0.15) is 26.6 Å². The van der Waals surface area contributed by atoms with Crippen molar-refractivity contribution in [1.29, 1.82) is 0 Å². The first-order valence-corrected chi connectivity index (χ1v) is 9.55. The predicted molar refractivity (Wildman–Crippen MR) is 87.8 cm³/mol. The molecular weight excluding hydrogens is 288 g/mol. The molecule has 0 bridgehead atoms. The Kier molecular flexibility index (Phi) is 6.54. The summed E-state index contributed by atoms with van der Waals surface area (Å²) in [5.41, 5.74) is 0. The number of aryl methyl sites for hydroxylation is 1. The highest BCUT2D eigenvalue weighted by molar-refractivity contribution is 7.92. The summed E-state index contributed by atoms with van der Waals surface area (Å²) in [6.45, 7) is 10.1. The van der Waals surface area contributed by atoms with Gasteiger partial charge in [0.25, 0.3) is 0 Å². The molecular formula is C14H26N4O2S. The number of aromatic nitrogens is 2. The summed E-state index contributed by atoms with van der Waals surface area (Å²) in [7, 11) is -2.21. The Morgan fingerprint density at radius 2 is 2.05 bits per heavy atom. The topological polar surface area (TPSA) is 67.7 Å². The Hall–Kier alpha value is -1.21. The first-order chi connectivity index (χ1) is 9.85. The maximum atomic E-state index is 11.8. The first-order valence-electron chi connectivity index (χ1n) is 7.22. The minimum atomic E-state index is -2.21. The van der Waals surface area contributed by atoms with Crippen molar-refractivity contribution in [2.45, 2.75) is 33.7 Å². The summed E-state index contributed by atoms with van der Waals surface area (Å²) in [5.74, 6) is 1.94. The van der Waals surface area contributed by atoms with Crippen LogP contribution in [0.2, 0.25) is 0 Å². The van der Waals surface area contributed by atoms with E-state index in [1.807, 2.05) is 20.8 Å². The van der Waals surface area contributed by atoms with Gasteiger partial charge in [-0.25, -0.2) is 14.2 Å². The molecule has 1 fully saturated rings. The number of morpholine rings is 1. The fourth-order valence-corrected chi connectivity index (χ4v) is 2.57. The molecule has 0 aromatic carbocycles. The van der Waals surface area contributed by atoms with Crippen molar-refractivity contribution >= 4 is 21.4 Å². The normalized spacial score (nSPS) is 18.8. The molecule has 1 aliphatic rings. The van der Waals surface area contributed by atoms with Crippen LogP contribution in [0.5, 0.6) is 0 Å². The van der Waals surface area contributed by atoms with Gasteiger partial charge in [-0.1, -0.05) is 13.8 Å². The van der Waals surface area contributed by atoms with Crippen molar-refractivity contribution in [3.05, 3.63) is 11.9 Å². The van der Waals surface area contributed by atoms with Gasteiger partial charge in [0.1, 0.15) is 11.6 Å². The summed E-state index contributed by atoms with van der Waals surface area (Å²) >= 11 is 0. The molecule has 7 heteroatoms. The van der Waals surface area contributed by atoms with Gasteiger partial charge in [0.15, 0.2) is 5.82 Å². The van der Waals surface area contributed by atoms with E-state index in [0.717, 1.165) is 12.4 Å². The molecule has 6 nitrogen and oxygen atoms in total. The van der Waals surface area contributed by atoms with Crippen LogP contribution in [0, 0.1) is 6.92 Å².